The van der Waals surface area contributed by atoms with Crippen molar-refractivity contribution in [1.82, 2.24) is 4.90 Å². The average molecular weight is 322 g/mol. The molecule has 0 bridgehead atoms. The first-order valence-electron chi connectivity index (χ1n) is 7.55. The normalized spacial score (nSPS) is 10.8. The number of nitrogens with zero attached hydrogens (tertiary/aromatic N) is 4. The Kier molecular flexibility index (Phi) is 7.35. The van der Waals surface area contributed by atoms with Gasteiger partial charge < -0.3 is 9.64 Å². The quantitative estimate of drug-likeness (QED) is 0.324. The number of azide groups is 1. The fraction of sp³-hybridized carbons (Fsp3) is 0.562. The number of carbonyl (C=O) groups excluding carboxylic acids is 1. The lowest BCUT2D eigenvalue weighted by molar-refractivity contribution is 0.0251. The van der Waals surface area contributed by atoms with E-state index in [9.17, 15) is 9.18 Å². The maximum atomic E-state index is 12.9. The molecular weight excluding hydrogens is 299 g/mol. The number of hydrogen-bond donors (Lipinski definition) is 0. The van der Waals surface area contributed by atoms with E-state index < -0.39 is 11.7 Å². The molecule has 0 aliphatic rings. The molecule has 0 saturated heterocycles. The SMILES string of the molecule is CC(C)(C)OC(=O)N(CCCN=[N+]=[N-])CCc1ccc(F)cc1. The minimum absolute atomic E-state index is 0.285. The summed E-state index contributed by atoms with van der Waals surface area (Å²) in [6.45, 7) is 6.65. The van der Waals surface area contributed by atoms with Crippen LogP contribution in [-0.2, 0) is 11.2 Å². The van der Waals surface area contributed by atoms with Crippen LogP contribution in [0.1, 0.15) is 32.8 Å². The molecule has 7 heteroatoms. The second-order valence-electron chi connectivity index (χ2n) is 6.15. The van der Waals surface area contributed by atoms with Crippen LogP contribution in [0, 0.1) is 5.82 Å². The van der Waals surface area contributed by atoms with Crippen LogP contribution in [0.4, 0.5) is 9.18 Å². The highest BCUT2D eigenvalue weighted by atomic mass is 19.1. The maximum absolute atomic E-state index is 12.9. The van der Waals surface area contributed by atoms with Gasteiger partial charge in [0.05, 0.1) is 0 Å². The van der Waals surface area contributed by atoms with Crippen LogP contribution < -0.4 is 0 Å². The van der Waals surface area contributed by atoms with Crippen LogP contribution in [0.5, 0.6) is 0 Å². The summed E-state index contributed by atoms with van der Waals surface area (Å²) in [4.78, 5) is 16.5. The summed E-state index contributed by atoms with van der Waals surface area (Å²) in [5.41, 5.74) is 8.66. The van der Waals surface area contributed by atoms with Gasteiger partial charge in [0, 0.05) is 24.5 Å². The van der Waals surface area contributed by atoms with Gasteiger partial charge in [0.1, 0.15) is 11.4 Å². The zero-order chi connectivity index (χ0) is 17.3. The first-order chi connectivity index (χ1) is 10.8. The van der Waals surface area contributed by atoms with E-state index >= 15 is 0 Å². The highest BCUT2D eigenvalue weighted by molar-refractivity contribution is 5.68. The third-order valence-electron chi connectivity index (χ3n) is 2.98. The third kappa shape index (κ3) is 8.07. The number of benzene rings is 1. The molecule has 1 amide bonds. The van der Waals surface area contributed by atoms with Crippen molar-refractivity contribution in [3.63, 3.8) is 0 Å². The number of rotatable bonds is 7. The first-order valence-corrected chi connectivity index (χ1v) is 7.55. The average Bonchev–Trinajstić information content (AvgIpc) is 2.46. The Labute approximate surface area is 135 Å². The van der Waals surface area contributed by atoms with Gasteiger partial charge in [-0.1, -0.05) is 17.2 Å². The molecule has 1 aromatic rings. The standard InChI is InChI=1S/C16H23FN4O2/c1-16(2,3)23-15(22)21(11-4-10-19-20-18)12-9-13-5-7-14(17)8-6-13/h5-8H,4,9-12H2,1-3H3. The minimum Gasteiger partial charge on any atom is -0.444 e. The fourth-order valence-corrected chi connectivity index (χ4v) is 1.91. The second-order valence-corrected chi connectivity index (χ2v) is 6.15. The molecule has 0 saturated carbocycles. The summed E-state index contributed by atoms with van der Waals surface area (Å²) in [6.07, 6.45) is 0.758. The molecule has 0 N–H and O–H groups in total. The molecule has 0 unspecified atom stereocenters. The second kappa shape index (κ2) is 9.00. The molecule has 0 fully saturated rings. The number of hydrogen-bond acceptors (Lipinski definition) is 3. The number of halogens is 1. The zero-order valence-corrected chi connectivity index (χ0v) is 13.8. The van der Waals surface area contributed by atoms with Crippen molar-refractivity contribution >= 4 is 6.09 Å². The number of amides is 1. The van der Waals surface area contributed by atoms with E-state index in [1.807, 2.05) is 20.8 Å². The monoisotopic (exact) mass is 322 g/mol. The number of carbonyl (C=O) groups is 1. The predicted octanol–water partition coefficient (Wildman–Crippen LogP) is 4.31. The molecule has 0 radical (unpaired) electrons. The molecule has 0 atom stereocenters. The Bertz CT molecular complexity index is 548. The first kappa shape index (κ1) is 18.8. The lowest BCUT2D eigenvalue weighted by Crippen LogP contribution is -2.38. The third-order valence-corrected chi connectivity index (χ3v) is 2.98. The van der Waals surface area contributed by atoms with Gasteiger partial charge in [0.2, 0.25) is 0 Å². The molecule has 1 aromatic carbocycles. The highest BCUT2D eigenvalue weighted by Crippen LogP contribution is 2.12. The van der Waals surface area contributed by atoms with Gasteiger partial charge in [0.15, 0.2) is 0 Å². The van der Waals surface area contributed by atoms with Crippen LogP contribution in [0.25, 0.3) is 10.4 Å². The molecule has 0 spiro atoms. The van der Waals surface area contributed by atoms with Crippen LogP contribution in [0.15, 0.2) is 29.4 Å². The van der Waals surface area contributed by atoms with Crippen LogP contribution in [-0.4, -0.2) is 36.2 Å². The summed E-state index contributed by atoms with van der Waals surface area (Å²) in [5, 5.41) is 3.47. The van der Waals surface area contributed by atoms with E-state index in [1.54, 1.807) is 17.0 Å². The minimum atomic E-state index is -0.573. The van der Waals surface area contributed by atoms with Crippen molar-refractivity contribution in [2.45, 2.75) is 39.2 Å². The van der Waals surface area contributed by atoms with Crippen LogP contribution in [0.3, 0.4) is 0 Å². The molecule has 0 aliphatic carbocycles. The van der Waals surface area contributed by atoms with Crippen molar-refractivity contribution in [3.8, 4) is 0 Å². The lowest BCUT2D eigenvalue weighted by Gasteiger charge is -2.27. The smallest absolute Gasteiger partial charge is 0.410 e. The zero-order valence-electron chi connectivity index (χ0n) is 13.8. The molecule has 0 aromatic heterocycles. The summed E-state index contributed by atoms with van der Waals surface area (Å²) < 4.78 is 18.3. The molecular formula is C16H23FN4O2. The topological polar surface area (TPSA) is 78.3 Å². The largest absolute Gasteiger partial charge is 0.444 e. The molecule has 126 valence electrons. The molecule has 0 heterocycles. The van der Waals surface area contributed by atoms with Gasteiger partial charge in [-0.25, -0.2) is 9.18 Å². The van der Waals surface area contributed by atoms with Gasteiger partial charge in [-0.15, -0.1) is 0 Å². The van der Waals surface area contributed by atoms with Crippen molar-refractivity contribution < 1.29 is 13.9 Å². The Morgan fingerprint density at radius 2 is 1.96 bits per heavy atom. The Morgan fingerprint density at radius 3 is 2.52 bits per heavy atom. The summed E-state index contributed by atoms with van der Waals surface area (Å²) in [7, 11) is 0. The van der Waals surface area contributed by atoms with Gasteiger partial charge in [-0.3, -0.25) is 0 Å². The van der Waals surface area contributed by atoms with Gasteiger partial charge in [-0.05, 0) is 56.8 Å². The van der Waals surface area contributed by atoms with E-state index in [-0.39, 0.29) is 5.82 Å². The summed E-state index contributed by atoms with van der Waals surface area (Å²) in [5.74, 6) is -0.285. The van der Waals surface area contributed by atoms with Crippen molar-refractivity contribution in [3.05, 3.63) is 46.1 Å². The van der Waals surface area contributed by atoms with Gasteiger partial charge in [0.25, 0.3) is 0 Å². The molecule has 23 heavy (non-hydrogen) atoms. The maximum Gasteiger partial charge on any atom is 0.410 e. The Balaban J connectivity index is 2.63. The van der Waals surface area contributed by atoms with Gasteiger partial charge in [-0.2, -0.15) is 0 Å². The molecule has 0 aliphatic heterocycles. The summed E-state index contributed by atoms with van der Waals surface area (Å²) in [6, 6.07) is 6.19. The molecule has 1 rings (SSSR count). The van der Waals surface area contributed by atoms with Gasteiger partial charge >= 0.3 is 6.09 Å². The Morgan fingerprint density at radius 1 is 1.30 bits per heavy atom. The van der Waals surface area contributed by atoms with Crippen LogP contribution in [0.2, 0.25) is 0 Å². The van der Waals surface area contributed by atoms with Crippen LogP contribution >= 0.6 is 0 Å². The summed E-state index contributed by atoms with van der Waals surface area (Å²) >= 11 is 0. The van der Waals surface area contributed by atoms with E-state index in [0.717, 1.165) is 5.56 Å². The highest BCUT2D eigenvalue weighted by Gasteiger charge is 2.21. The van der Waals surface area contributed by atoms with E-state index in [4.69, 9.17) is 10.3 Å². The predicted molar refractivity (Wildman–Crippen MR) is 86.5 cm³/mol. The van der Waals surface area contributed by atoms with E-state index in [1.165, 1.54) is 12.1 Å². The lowest BCUT2D eigenvalue weighted by atomic mass is 10.1. The Hall–Kier alpha value is -2.27. The molecule has 6 nitrogen and oxygen atoms in total. The number of ether oxygens (including phenoxy) is 1. The van der Waals surface area contributed by atoms with Crippen molar-refractivity contribution in [2.24, 2.45) is 5.11 Å². The van der Waals surface area contributed by atoms with Crippen molar-refractivity contribution in [1.29, 1.82) is 0 Å². The fourth-order valence-electron chi connectivity index (χ4n) is 1.91. The van der Waals surface area contributed by atoms with E-state index in [2.05, 4.69) is 10.0 Å². The van der Waals surface area contributed by atoms with Crippen molar-refractivity contribution in [2.75, 3.05) is 19.6 Å². The van der Waals surface area contributed by atoms with E-state index in [0.29, 0.717) is 32.5 Å².